The molecule has 1 heterocycles. The molecule has 2 nitrogen and oxygen atoms in total. The summed E-state index contributed by atoms with van der Waals surface area (Å²) >= 11 is 7.82. The lowest BCUT2D eigenvalue weighted by atomic mass is 9.83. The van der Waals surface area contributed by atoms with Crippen LogP contribution in [0.4, 0.5) is 0 Å². The Morgan fingerprint density at radius 3 is 2.70 bits per heavy atom. The fraction of sp³-hybridized carbons (Fsp3) is 0.438. The lowest BCUT2D eigenvalue weighted by molar-refractivity contribution is 0.301. The van der Waals surface area contributed by atoms with Crippen LogP contribution in [0.15, 0.2) is 24.3 Å². The van der Waals surface area contributed by atoms with E-state index in [9.17, 15) is 0 Å². The number of aryl methyl sites for hydroxylation is 1. The molecule has 106 valence electrons. The topological polar surface area (TPSA) is 38.9 Å². The summed E-state index contributed by atoms with van der Waals surface area (Å²) < 4.78 is 0. The Kier molecular flexibility index (Phi) is 3.85. The quantitative estimate of drug-likeness (QED) is 0.858. The maximum Gasteiger partial charge on any atom is 0.113 e. The van der Waals surface area contributed by atoms with Crippen molar-refractivity contribution in [3.05, 3.63) is 39.2 Å². The van der Waals surface area contributed by atoms with Gasteiger partial charge in [-0.1, -0.05) is 43.0 Å². The number of hydrogen-bond acceptors (Lipinski definition) is 3. The van der Waals surface area contributed by atoms with Gasteiger partial charge in [0.25, 0.3) is 0 Å². The highest BCUT2D eigenvalue weighted by Crippen LogP contribution is 2.39. The summed E-state index contributed by atoms with van der Waals surface area (Å²) in [5.41, 5.74) is 8.49. The molecule has 0 atom stereocenters. The molecule has 0 saturated heterocycles. The third kappa shape index (κ3) is 2.62. The van der Waals surface area contributed by atoms with Gasteiger partial charge in [-0.3, -0.25) is 0 Å². The lowest BCUT2D eigenvalue weighted by Gasteiger charge is -2.31. The van der Waals surface area contributed by atoms with E-state index in [1.54, 1.807) is 11.3 Å². The number of hydrogen-bond donors (Lipinski definition) is 1. The second kappa shape index (κ2) is 5.47. The number of thiazole rings is 1. The molecule has 4 heteroatoms. The van der Waals surface area contributed by atoms with Crippen molar-refractivity contribution in [2.45, 2.75) is 44.6 Å². The molecule has 1 aliphatic rings. The average molecular weight is 307 g/mol. The standard InChI is InChI=1S/C16H19ClN2S/c1-11-14(12-6-5-7-13(17)10-12)19-15(20-11)16(18)8-3-2-4-9-16/h5-7,10H,2-4,8-9,18H2,1H3. The van der Waals surface area contributed by atoms with Crippen LogP contribution in [0, 0.1) is 6.92 Å². The fourth-order valence-electron chi connectivity index (χ4n) is 2.91. The molecular formula is C16H19ClN2S. The van der Waals surface area contributed by atoms with E-state index in [0.717, 1.165) is 34.1 Å². The third-order valence-corrected chi connectivity index (χ3v) is 5.49. The number of benzene rings is 1. The van der Waals surface area contributed by atoms with E-state index in [2.05, 4.69) is 13.0 Å². The molecule has 1 aromatic heterocycles. The maximum atomic E-state index is 6.59. The zero-order chi connectivity index (χ0) is 14.2. The van der Waals surface area contributed by atoms with Gasteiger partial charge in [0.15, 0.2) is 0 Å². The first-order valence-corrected chi connectivity index (χ1v) is 8.31. The summed E-state index contributed by atoms with van der Waals surface area (Å²) in [4.78, 5) is 6.07. The summed E-state index contributed by atoms with van der Waals surface area (Å²) in [5, 5.41) is 1.83. The molecule has 1 saturated carbocycles. The van der Waals surface area contributed by atoms with Crippen LogP contribution < -0.4 is 5.73 Å². The van der Waals surface area contributed by atoms with Gasteiger partial charge in [0, 0.05) is 15.5 Å². The Hall–Kier alpha value is -0.900. The van der Waals surface area contributed by atoms with Gasteiger partial charge in [-0.15, -0.1) is 11.3 Å². The second-order valence-electron chi connectivity index (χ2n) is 5.65. The van der Waals surface area contributed by atoms with Crippen molar-refractivity contribution in [3.63, 3.8) is 0 Å². The summed E-state index contributed by atoms with van der Waals surface area (Å²) in [6.07, 6.45) is 5.82. The molecule has 20 heavy (non-hydrogen) atoms. The highest BCUT2D eigenvalue weighted by molar-refractivity contribution is 7.12. The Balaban J connectivity index is 1.99. The van der Waals surface area contributed by atoms with Crippen molar-refractivity contribution in [3.8, 4) is 11.3 Å². The van der Waals surface area contributed by atoms with Gasteiger partial charge in [0.2, 0.25) is 0 Å². The lowest BCUT2D eigenvalue weighted by Crippen LogP contribution is -2.38. The predicted molar refractivity (Wildman–Crippen MR) is 86.2 cm³/mol. The molecule has 0 radical (unpaired) electrons. The largest absolute Gasteiger partial charge is 0.319 e. The van der Waals surface area contributed by atoms with Crippen LogP contribution in [0.1, 0.15) is 42.0 Å². The number of nitrogens with zero attached hydrogens (tertiary/aromatic N) is 1. The highest BCUT2D eigenvalue weighted by Gasteiger charge is 2.33. The van der Waals surface area contributed by atoms with Gasteiger partial charge < -0.3 is 5.73 Å². The Labute approximate surface area is 129 Å². The fourth-order valence-corrected chi connectivity index (χ4v) is 4.19. The van der Waals surface area contributed by atoms with Gasteiger partial charge in [-0.2, -0.15) is 0 Å². The molecule has 1 aliphatic carbocycles. The second-order valence-corrected chi connectivity index (χ2v) is 7.29. The van der Waals surface area contributed by atoms with Crippen LogP contribution in [-0.2, 0) is 5.54 Å². The SMILES string of the molecule is Cc1sc(C2(N)CCCCC2)nc1-c1cccc(Cl)c1. The van der Waals surface area contributed by atoms with Crippen molar-refractivity contribution in [1.82, 2.24) is 4.98 Å². The minimum atomic E-state index is -0.218. The van der Waals surface area contributed by atoms with Crippen LogP contribution in [0.25, 0.3) is 11.3 Å². The minimum absolute atomic E-state index is 0.218. The highest BCUT2D eigenvalue weighted by atomic mass is 35.5. The zero-order valence-electron chi connectivity index (χ0n) is 11.7. The van der Waals surface area contributed by atoms with Crippen LogP contribution in [0.3, 0.4) is 0 Å². The third-order valence-electron chi connectivity index (χ3n) is 4.07. The molecule has 0 amide bonds. The molecule has 2 aromatic rings. The molecule has 0 bridgehead atoms. The van der Waals surface area contributed by atoms with E-state index >= 15 is 0 Å². The number of rotatable bonds is 2. The summed E-state index contributed by atoms with van der Waals surface area (Å²) in [6.45, 7) is 2.11. The van der Waals surface area contributed by atoms with Crippen LogP contribution in [-0.4, -0.2) is 4.98 Å². The van der Waals surface area contributed by atoms with E-state index in [1.807, 2.05) is 18.2 Å². The summed E-state index contributed by atoms with van der Waals surface area (Å²) in [7, 11) is 0. The van der Waals surface area contributed by atoms with Gasteiger partial charge in [-0.25, -0.2) is 4.98 Å². The van der Waals surface area contributed by atoms with Gasteiger partial charge in [-0.05, 0) is 31.9 Å². The number of nitrogens with two attached hydrogens (primary N) is 1. The smallest absolute Gasteiger partial charge is 0.113 e. The van der Waals surface area contributed by atoms with Crippen molar-refractivity contribution >= 4 is 22.9 Å². The van der Waals surface area contributed by atoms with E-state index < -0.39 is 0 Å². The van der Waals surface area contributed by atoms with E-state index in [1.165, 1.54) is 24.1 Å². The summed E-state index contributed by atoms with van der Waals surface area (Å²) in [5.74, 6) is 0. The first-order valence-electron chi connectivity index (χ1n) is 7.11. The molecule has 0 spiro atoms. The Morgan fingerprint density at radius 2 is 2.00 bits per heavy atom. The first kappa shape index (κ1) is 14.1. The molecule has 3 rings (SSSR count). The van der Waals surface area contributed by atoms with E-state index in [-0.39, 0.29) is 5.54 Å². The van der Waals surface area contributed by atoms with Crippen LogP contribution >= 0.6 is 22.9 Å². The van der Waals surface area contributed by atoms with Crippen molar-refractivity contribution in [2.75, 3.05) is 0 Å². The number of halogens is 1. The Bertz CT molecular complexity index is 615. The molecule has 0 unspecified atom stereocenters. The van der Waals surface area contributed by atoms with E-state index in [0.29, 0.717) is 0 Å². The van der Waals surface area contributed by atoms with Crippen molar-refractivity contribution < 1.29 is 0 Å². The molecule has 1 fully saturated rings. The first-order chi connectivity index (χ1) is 9.58. The summed E-state index contributed by atoms with van der Waals surface area (Å²) in [6, 6.07) is 7.88. The number of aromatic nitrogens is 1. The minimum Gasteiger partial charge on any atom is -0.319 e. The molecule has 1 aromatic carbocycles. The van der Waals surface area contributed by atoms with Crippen LogP contribution in [0.2, 0.25) is 5.02 Å². The average Bonchev–Trinajstić information content (AvgIpc) is 2.82. The Morgan fingerprint density at radius 1 is 1.25 bits per heavy atom. The molecule has 2 N–H and O–H groups in total. The predicted octanol–water partition coefficient (Wildman–Crippen LogP) is 4.89. The van der Waals surface area contributed by atoms with Gasteiger partial charge >= 0.3 is 0 Å². The molecular weight excluding hydrogens is 288 g/mol. The van der Waals surface area contributed by atoms with Gasteiger partial charge in [0.05, 0.1) is 11.2 Å². The van der Waals surface area contributed by atoms with Gasteiger partial charge in [0.1, 0.15) is 5.01 Å². The van der Waals surface area contributed by atoms with Crippen molar-refractivity contribution in [2.24, 2.45) is 5.73 Å². The maximum absolute atomic E-state index is 6.59. The van der Waals surface area contributed by atoms with E-state index in [4.69, 9.17) is 22.3 Å². The molecule has 0 aliphatic heterocycles. The normalized spacial score (nSPS) is 18.1. The monoisotopic (exact) mass is 306 g/mol. The van der Waals surface area contributed by atoms with Crippen molar-refractivity contribution in [1.29, 1.82) is 0 Å². The van der Waals surface area contributed by atoms with Crippen LogP contribution in [0.5, 0.6) is 0 Å². The zero-order valence-corrected chi connectivity index (χ0v) is 13.2.